The molecule has 2 saturated heterocycles. The molecular weight excluding hydrogens is 868 g/mol. The number of pyridine rings is 1. The van der Waals surface area contributed by atoms with Gasteiger partial charge in [-0.2, -0.15) is 5.10 Å². The third-order valence-corrected chi connectivity index (χ3v) is 14.5. The van der Waals surface area contributed by atoms with E-state index in [-0.39, 0.29) is 22.6 Å². The molecule has 2 aliphatic heterocycles. The summed E-state index contributed by atoms with van der Waals surface area (Å²) in [4.78, 5) is 35.5. The predicted molar refractivity (Wildman–Crippen MR) is 253 cm³/mol. The standard InChI is InChI=1S/C47H53ClN10O6S/c1-47(2)15-11-33(39(24-47)31-3-5-34(48)6-4-31)26-49-17-18-50-35-7-9-38(42(22-35)57-43-21-32-12-16-51-45(32)54-41(43)27-53-57)46(59)55-65(62,63)37-8-10-40(44(23-37)58(60)61)52-25-30-13-19-56(28-30)36-14-20-64-29-36/h3-10,12,16,21-23,27,30,36,49-50,52H,11,13-15,17-20,24-26,28-29H2,1-2H3,(H,51,54)(H,55,59). The molecule has 6 aromatic rings. The summed E-state index contributed by atoms with van der Waals surface area (Å²) >= 11 is 6.21. The number of carbonyl (C=O) groups excluding carboxylic acids is 1. The molecule has 65 heavy (non-hydrogen) atoms. The highest BCUT2D eigenvalue weighted by Gasteiger charge is 2.32. The van der Waals surface area contributed by atoms with E-state index in [0.29, 0.717) is 58.8 Å². The van der Waals surface area contributed by atoms with Gasteiger partial charge in [0.2, 0.25) is 0 Å². The molecule has 5 N–H and O–H groups in total. The van der Waals surface area contributed by atoms with Gasteiger partial charge < -0.3 is 25.7 Å². The van der Waals surface area contributed by atoms with Gasteiger partial charge in [-0.1, -0.05) is 43.2 Å². The van der Waals surface area contributed by atoms with Crippen LogP contribution in [0.5, 0.6) is 0 Å². The van der Waals surface area contributed by atoms with Crippen LogP contribution in [0.3, 0.4) is 0 Å². The first-order valence-electron chi connectivity index (χ1n) is 22.1. The van der Waals surface area contributed by atoms with Crippen LogP contribution in [0.1, 0.15) is 61.9 Å². The van der Waals surface area contributed by atoms with Gasteiger partial charge in [-0.3, -0.25) is 19.8 Å². The first kappa shape index (κ1) is 44.4. The number of H-pyrrole nitrogens is 1. The van der Waals surface area contributed by atoms with Crippen LogP contribution in [0.25, 0.3) is 33.3 Å². The van der Waals surface area contributed by atoms with Crippen LogP contribution in [-0.2, 0) is 14.8 Å². The SMILES string of the molecule is CC1(C)CCC(CNCCNc2ccc(C(=O)NS(=O)(=O)c3ccc(NCC4CCN(C5CCOC5)C4)c([N+](=O)[O-])c3)c(-n3ncc4nc5[nH]ccc5cc43)c2)=C(c2ccc(Cl)cc2)C1. The molecule has 2 fully saturated rings. The average Bonchev–Trinajstić information content (AvgIpc) is 4.13. The first-order valence-corrected chi connectivity index (χ1v) is 24.0. The smallest absolute Gasteiger partial charge is 0.293 e. The van der Waals surface area contributed by atoms with Crippen molar-refractivity contribution < 1.29 is 22.9 Å². The molecule has 0 radical (unpaired) electrons. The number of allylic oxidation sites excluding steroid dienone is 1. The minimum absolute atomic E-state index is 0.0147. The van der Waals surface area contributed by atoms with Crippen LogP contribution in [0.4, 0.5) is 17.1 Å². The summed E-state index contributed by atoms with van der Waals surface area (Å²) in [6.45, 7) is 10.3. The van der Waals surface area contributed by atoms with Gasteiger partial charge in [-0.25, -0.2) is 22.8 Å². The predicted octanol–water partition coefficient (Wildman–Crippen LogP) is 7.77. The van der Waals surface area contributed by atoms with Crippen molar-refractivity contribution in [2.75, 3.05) is 63.1 Å². The Balaban J connectivity index is 0.915. The number of aromatic amines is 1. The number of nitrogens with one attached hydrogen (secondary N) is 5. The van der Waals surface area contributed by atoms with Crippen LogP contribution < -0.4 is 20.7 Å². The molecule has 0 saturated carbocycles. The highest BCUT2D eigenvalue weighted by atomic mass is 35.5. The number of carbonyl (C=O) groups is 1. The molecule has 340 valence electrons. The van der Waals surface area contributed by atoms with Gasteiger partial charge in [0.1, 0.15) is 16.9 Å². The van der Waals surface area contributed by atoms with Crippen LogP contribution in [0.2, 0.25) is 5.02 Å². The Hall–Kier alpha value is -5.85. The van der Waals surface area contributed by atoms with Crippen molar-refractivity contribution in [3.05, 3.63) is 117 Å². The van der Waals surface area contributed by atoms with Crippen molar-refractivity contribution in [3.8, 4) is 5.69 Å². The number of anilines is 2. The van der Waals surface area contributed by atoms with E-state index in [9.17, 15) is 23.3 Å². The van der Waals surface area contributed by atoms with Crippen molar-refractivity contribution in [3.63, 3.8) is 0 Å². The molecule has 16 nitrogen and oxygen atoms in total. The number of nitrogens with zero attached hydrogens (tertiary/aromatic N) is 5. The molecule has 3 aromatic heterocycles. The van der Waals surface area contributed by atoms with E-state index in [1.54, 1.807) is 29.2 Å². The van der Waals surface area contributed by atoms with E-state index in [4.69, 9.17) is 16.3 Å². The van der Waals surface area contributed by atoms with E-state index in [1.807, 2.05) is 24.3 Å². The molecular formula is C47H53ClN10O6S. The lowest BCUT2D eigenvalue weighted by Crippen LogP contribution is -2.34. The number of ether oxygens (including phenoxy) is 1. The van der Waals surface area contributed by atoms with Crippen LogP contribution >= 0.6 is 11.6 Å². The first-order chi connectivity index (χ1) is 31.3. The Kier molecular flexibility index (Phi) is 12.7. The van der Waals surface area contributed by atoms with E-state index in [2.05, 4.69) is 66.6 Å². The number of hydrogen-bond acceptors (Lipinski definition) is 12. The normalized spacial score (nSPS) is 19.0. The molecule has 0 bridgehead atoms. The third-order valence-electron chi connectivity index (χ3n) is 12.9. The summed E-state index contributed by atoms with van der Waals surface area (Å²) in [5.41, 5.74) is 6.80. The van der Waals surface area contributed by atoms with Gasteiger partial charge in [0.05, 0.1) is 39.4 Å². The zero-order valence-corrected chi connectivity index (χ0v) is 38.0. The van der Waals surface area contributed by atoms with Crippen LogP contribution in [-0.4, -0.2) is 102 Å². The molecule has 9 rings (SSSR count). The van der Waals surface area contributed by atoms with E-state index < -0.39 is 31.4 Å². The fraction of sp³-hybridized carbons (Fsp3) is 0.383. The molecule has 1 amide bonds. The molecule has 5 heterocycles. The number of amides is 1. The maximum Gasteiger partial charge on any atom is 0.293 e. The van der Waals surface area contributed by atoms with Gasteiger partial charge in [-0.15, -0.1) is 0 Å². The lowest BCUT2D eigenvalue weighted by molar-refractivity contribution is -0.384. The molecule has 1 aliphatic carbocycles. The summed E-state index contributed by atoms with van der Waals surface area (Å²) in [5, 5.41) is 28.6. The number of sulfonamides is 1. The molecule has 3 aliphatic rings. The lowest BCUT2D eigenvalue weighted by Gasteiger charge is -2.34. The Morgan fingerprint density at radius 1 is 1.05 bits per heavy atom. The van der Waals surface area contributed by atoms with Crippen molar-refractivity contribution >= 4 is 72.2 Å². The molecule has 18 heteroatoms. The second kappa shape index (κ2) is 18.6. The third kappa shape index (κ3) is 9.89. The summed E-state index contributed by atoms with van der Waals surface area (Å²) < 4.78 is 36.9. The summed E-state index contributed by atoms with van der Waals surface area (Å²) in [6.07, 6.45) is 8.41. The Morgan fingerprint density at radius 3 is 2.69 bits per heavy atom. The molecule has 0 spiro atoms. The monoisotopic (exact) mass is 920 g/mol. The number of nitro benzene ring substituents is 1. The van der Waals surface area contributed by atoms with Gasteiger partial charge in [0, 0.05) is 73.7 Å². The maximum atomic E-state index is 14.1. The van der Waals surface area contributed by atoms with Crippen molar-refractivity contribution in [2.24, 2.45) is 11.3 Å². The highest BCUT2D eigenvalue weighted by molar-refractivity contribution is 7.90. The zero-order chi connectivity index (χ0) is 45.3. The van der Waals surface area contributed by atoms with Crippen molar-refractivity contribution in [1.29, 1.82) is 0 Å². The Labute approximate surface area is 382 Å². The molecule has 2 unspecified atom stereocenters. The average molecular weight is 922 g/mol. The number of likely N-dealkylation sites (tertiary alicyclic amines) is 1. The number of nitro groups is 1. The maximum absolute atomic E-state index is 14.1. The lowest BCUT2D eigenvalue weighted by atomic mass is 9.72. The fourth-order valence-electron chi connectivity index (χ4n) is 9.28. The van der Waals surface area contributed by atoms with Crippen LogP contribution in [0.15, 0.2) is 95.7 Å². The number of fused-ring (bicyclic) bond motifs is 2. The second-order valence-corrected chi connectivity index (χ2v) is 20.2. The number of rotatable bonds is 16. The van der Waals surface area contributed by atoms with Crippen molar-refractivity contribution in [1.82, 2.24) is 34.7 Å². The van der Waals surface area contributed by atoms with Crippen LogP contribution in [0, 0.1) is 21.4 Å². The zero-order valence-electron chi connectivity index (χ0n) is 36.4. The van der Waals surface area contributed by atoms with Gasteiger partial charge in [-0.05, 0) is 116 Å². The Bertz CT molecular complexity index is 2890. The van der Waals surface area contributed by atoms with E-state index in [1.165, 1.54) is 34.9 Å². The number of halogens is 1. The van der Waals surface area contributed by atoms with Gasteiger partial charge in [0.15, 0.2) is 0 Å². The van der Waals surface area contributed by atoms with Gasteiger partial charge in [0.25, 0.3) is 21.6 Å². The van der Waals surface area contributed by atoms with Crippen molar-refractivity contribution in [2.45, 2.75) is 56.9 Å². The summed E-state index contributed by atoms with van der Waals surface area (Å²) in [5.74, 6) is -0.662. The second-order valence-electron chi connectivity index (χ2n) is 18.0. The number of hydrogen-bond donors (Lipinski definition) is 5. The number of aromatic nitrogens is 4. The minimum Gasteiger partial charge on any atom is -0.384 e. The van der Waals surface area contributed by atoms with E-state index >= 15 is 0 Å². The summed E-state index contributed by atoms with van der Waals surface area (Å²) in [6, 6.07) is 20.9. The Morgan fingerprint density at radius 2 is 1.89 bits per heavy atom. The topological polar surface area (TPSA) is 201 Å². The van der Waals surface area contributed by atoms with E-state index in [0.717, 1.165) is 76.4 Å². The molecule has 3 aromatic carbocycles. The van der Waals surface area contributed by atoms with Gasteiger partial charge >= 0.3 is 0 Å². The molecule has 2 atom stereocenters. The number of benzene rings is 3. The summed E-state index contributed by atoms with van der Waals surface area (Å²) in [7, 11) is -4.58. The fourth-order valence-corrected chi connectivity index (χ4v) is 10.4. The largest absolute Gasteiger partial charge is 0.384 e. The quantitative estimate of drug-likeness (QED) is 0.0359. The minimum atomic E-state index is -4.58. The highest BCUT2D eigenvalue weighted by Crippen LogP contribution is 2.43.